The summed E-state index contributed by atoms with van der Waals surface area (Å²) in [6.45, 7) is 0.108. The summed E-state index contributed by atoms with van der Waals surface area (Å²) in [7, 11) is 0. The largest absolute Gasteiger partial charge is 0.396 e. The molecule has 1 unspecified atom stereocenters. The molecular weight excluding hydrogens is 218 g/mol. The Hall–Kier alpha value is -1.62. The van der Waals surface area contributed by atoms with Crippen LogP contribution in [0, 0.1) is 5.92 Å². The lowest BCUT2D eigenvalue weighted by atomic mass is 10.1. The fourth-order valence-electron chi connectivity index (χ4n) is 1.83. The Kier molecular flexibility index (Phi) is 3.93. The first kappa shape index (κ1) is 11.9. The minimum atomic E-state index is -0.221. The normalized spacial score (nSPS) is 16.3. The van der Waals surface area contributed by atoms with Crippen LogP contribution in [0.25, 0.3) is 0 Å². The zero-order chi connectivity index (χ0) is 12.1. The standard InChI is InChI=1S/C12H17N3O2/c16-8-5-11(9-1-2-9)15-12(17)14-10-3-6-13-7-4-10/h3-4,6-7,9,11,16H,1-2,5,8H2,(H2,13,14,15,17). The number of hydrogen-bond acceptors (Lipinski definition) is 3. The fraction of sp³-hybridized carbons (Fsp3) is 0.500. The van der Waals surface area contributed by atoms with E-state index in [1.807, 2.05) is 0 Å². The molecule has 0 spiro atoms. The number of anilines is 1. The maximum absolute atomic E-state index is 11.7. The van der Waals surface area contributed by atoms with Gasteiger partial charge in [0.2, 0.25) is 0 Å². The Balaban J connectivity index is 1.83. The molecule has 1 atom stereocenters. The highest BCUT2D eigenvalue weighted by atomic mass is 16.3. The predicted molar refractivity (Wildman–Crippen MR) is 64.6 cm³/mol. The second-order valence-corrected chi connectivity index (χ2v) is 4.29. The van der Waals surface area contributed by atoms with Crippen molar-refractivity contribution in [1.29, 1.82) is 0 Å². The Morgan fingerprint density at radius 3 is 2.76 bits per heavy atom. The fourth-order valence-corrected chi connectivity index (χ4v) is 1.83. The molecule has 1 aromatic heterocycles. The molecule has 0 bridgehead atoms. The quantitative estimate of drug-likeness (QED) is 0.721. The van der Waals surface area contributed by atoms with Crippen LogP contribution in [-0.4, -0.2) is 28.8 Å². The third-order valence-corrected chi connectivity index (χ3v) is 2.89. The van der Waals surface area contributed by atoms with E-state index >= 15 is 0 Å². The summed E-state index contributed by atoms with van der Waals surface area (Å²) in [4.78, 5) is 15.6. The van der Waals surface area contributed by atoms with Crippen LogP contribution < -0.4 is 10.6 Å². The minimum absolute atomic E-state index is 0.0850. The Morgan fingerprint density at radius 2 is 2.18 bits per heavy atom. The SMILES string of the molecule is O=C(Nc1ccncc1)NC(CCO)C1CC1. The number of amides is 2. The minimum Gasteiger partial charge on any atom is -0.396 e. The number of carbonyl (C=O) groups excluding carboxylic acids is 1. The molecule has 1 saturated carbocycles. The first-order chi connectivity index (χ1) is 8.29. The van der Waals surface area contributed by atoms with Gasteiger partial charge in [0.1, 0.15) is 0 Å². The third kappa shape index (κ3) is 3.71. The molecule has 1 aliphatic rings. The van der Waals surface area contributed by atoms with Crippen LogP contribution in [0.4, 0.5) is 10.5 Å². The van der Waals surface area contributed by atoms with Crippen molar-refractivity contribution < 1.29 is 9.90 Å². The zero-order valence-electron chi connectivity index (χ0n) is 9.60. The Bertz CT molecular complexity index is 365. The Labute approximate surface area is 100 Å². The van der Waals surface area contributed by atoms with E-state index in [0.717, 1.165) is 18.5 Å². The highest BCUT2D eigenvalue weighted by Crippen LogP contribution is 2.33. The smallest absolute Gasteiger partial charge is 0.319 e. The van der Waals surface area contributed by atoms with Gasteiger partial charge in [-0.1, -0.05) is 0 Å². The summed E-state index contributed by atoms with van der Waals surface area (Å²) in [6.07, 6.45) is 6.15. The number of aliphatic hydroxyl groups is 1. The number of carbonyl (C=O) groups is 1. The van der Waals surface area contributed by atoms with Crippen molar-refractivity contribution in [2.75, 3.05) is 11.9 Å². The monoisotopic (exact) mass is 235 g/mol. The van der Waals surface area contributed by atoms with Gasteiger partial charge in [-0.2, -0.15) is 0 Å². The molecule has 17 heavy (non-hydrogen) atoms. The second kappa shape index (κ2) is 5.63. The summed E-state index contributed by atoms with van der Waals surface area (Å²) in [5.74, 6) is 0.533. The highest BCUT2D eigenvalue weighted by Gasteiger charge is 2.31. The number of aromatic nitrogens is 1. The molecule has 1 fully saturated rings. The Morgan fingerprint density at radius 1 is 1.47 bits per heavy atom. The molecular formula is C12H17N3O2. The summed E-state index contributed by atoms with van der Waals surface area (Å²) in [5.41, 5.74) is 0.719. The summed E-state index contributed by atoms with van der Waals surface area (Å²) in [6, 6.07) is 3.33. The summed E-state index contributed by atoms with van der Waals surface area (Å²) >= 11 is 0. The van der Waals surface area contributed by atoms with Gasteiger partial charge in [-0.05, 0) is 37.3 Å². The lowest BCUT2D eigenvalue weighted by Crippen LogP contribution is -2.39. The van der Waals surface area contributed by atoms with Crippen molar-refractivity contribution >= 4 is 11.7 Å². The highest BCUT2D eigenvalue weighted by molar-refractivity contribution is 5.89. The van der Waals surface area contributed by atoms with Gasteiger partial charge in [-0.3, -0.25) is 4.98 Å². The molecule has 1 aromatic rings. The van der Waals surface area contributed by atoms with Gasteiger partial charge >= 0.3 is 6.03 Å². The van der Waals surface area contributed by atoms with Crippen LogP contribution >= 0.6 is 0 Å². The number of nitrogens with zero attached hydrogens (tertiary/aromatic N) is 1. The number of hydrogen-bond donors (Lipinski definition) is 3. The van der Waals surface area contributed by atoms with Crippen LogP contribution in [0.15, 0.2) is 24.5 Å². The third-order valence-electron chi connectivity index (χ3n) is 2.89. The number of aliphatic hydroxyl groups excluding tert-OH is 1. The van der Waals surface area contributed by atoms with Crippen molar-refractivity contribution in [2.45, 2.75) is 25.3 Å². The van der Waals surface area contributed by atoms with Crippen LogP contribution in [0.3, 0.4) is 0 Å². The van der Waals surface area contributed by atoms with Crippen molar-refractivity contribution in [3.63, 3.8) is 0 Å². The molecule has 0 radical (unpaired) electrons. The van der Waals surface area contributed by atoms with E-state index in [2.05, 4.69) is 15.6 Å². The topological polar surface area (TPSA) is 74.2 Å². The van der Waals surface area contributed by atoms with E-state index in [-0.39, 0.29) is 18.7 Å². The first-order valence-corrected chi connectivity index (χ1v) is 5.88. The van der Waals surface area contributed by atoms with E-state index in [1.165, 1.54) is 0 Å². The lowest BCUT2D eigenvalue weighted by molar-refractivity contribution is 0.234. The van der Waals surface area contributed by atoms with E-state index in [0.29, 0.717) is 12.3 Å². The second-order valence-electron chi connectivity index (χ2n) is 4.29. The number of urea groups is 1. The molecule has 2 rings (SSSR count). The van der Waals surface area contributed by atoms with Gasteiger partial charge in [-0.25, -0.2) is 4.79 Å². The van der Waals surface area contributed by atoms with Crippen molar-refractivity contribution in [2.24, 2.45) is 5.92 Å². The molecule has 0 aromatic carbocycles. The van der Waals surface area contributed by atoms with Crippen molar-refractivity contribution in [3.05, 3.63) is 24.5 Å². The van der Waals surface area contributed by atoms with Gasteiger partial charge in [0.05, 0.1) is 0 Å². The lowest BCUT2D eigenvalue weighted by Gasteiger charge is -2.17. The van der Waals surface area contributed by atoms with Gasteiger partial charge in [0.25, 0.3) is 0 Å². The van der Waals surface area contributed by atoms with E-state index in [4.69, 9.17) is 5.11 Å². The summed E-state index contributed by atoms with van der Waals surface area (Å²) < 4.78 is 0. The molecule has 0 aliphatic heterocycles. The molecule has 92 valence electrons. The van der Waals surface area contributed by atoms with Gasteiger partial charge in [0.15, 0.2) is 0 Å². The van der Waals surface area contributed by atoms with E-state index in [9.17, 15) is 4.79 Å². The van der Waals surface area contributed by atoms with E-state index < -0.39 is 0 Å². The average molecular weight is 235 g/mol. The maximum atomic E-state index is 11.7. The van der Waals surface area contributed by atoms with Gasteiger partial charge in [-0.15, -0.1) is 0 Å². The number of rotatable bonds is 5. The number of nitrogens with one attached hydrogen (secondary N) is 2. The molecule has 5 heteroatoms. The van der Waals surface area contributed by atoms with Crippen molar-refractivity contribution in [1.82, 2.24) is 10.3 Å². The molecule has 3 N–H and O–H groups in total. The molecule has 5 nitrogen and oxygen atoms in total. The maximum Gasteiger partial charge on any atom is 0.319 e. The van der Waals surface area contributed by atoms with E-state index in [1.54, 1.807) is 24.5 Å². The summed E-state index contributed by atoms with van der Waals surface area (Å²) in [5, 5.41) is 14.6. The van der Waals surface area contributed by atoms with Crippen LogP contribution in [0.2, 0.25) is 0 Å². The number of pyridine rings is 1. The van der Waals surface area contributed by atoms with Gasteiger partial charge in [0, 0.05) is 30.7 Å². The molecule has 1 aliphatic carbocycles. The van der Waals surface area contributed by atoms with Crippen LogP contribution in [0.1, 0.15) is 19.3 Å². The van der Waals surface area contributed by atoms with Gasteiger partial charge < -0.3 is 15.7 Å². The molecule has 1 heterocycles. The van der Waals surface area contributed by atoms with Crippen LogP contribution in [0.5, 0.6) is 0 Å². The van der Waals surface area contributed by atoms with Crippen molar-refractivity contribution in [3.8, 4) is 0 Å². The zero-order valence-corrected chi connectivity index (χ0v) is 9.60. The van der Waals surface area contributed by atoms with Crippen LogP contribution in [-0.2, 0) is 0 Å². The molecule has 0 saturated heterocycles. The average Bonchev–Trinajstić information content (AvgIpc) is 3.13. The molecule has 2 amide bonds. The predicted octanol–water partition coefficient (Wildman–Crippen LogP) is 1.36. The first-order valence-electron chi connectivity index (χ1n) is 5.88.